The fourth-order valence-electron chi connectivity index (χ4n) is 2.68. The second-order valence-corrected chi connectivity index (χ2v) is 6.97. The molecular weight excluding hydrogens is 220 g/mol. The van der Waals surface area contributed by atoms with Gasteiger partial charge in [0.25, 0.3) is 0 Å². The van der Waals surface area contributed by atoms with Gasteiger partial charge in [-0.25, -0.2) is 0 Å². The molecule has 0 aromatic carbocycles. The van der Waals surface area contributed by atoms with Gasteiger partial charge in [0, 0.05) is 19.1 Å². The largest absolute Gasteiger partial charge is 0.304 e. The SMILES string of the molecule is CC1CCN(CC(C)C(C)CN(C)C(C)C)CC1. The van der Waals surface area contributed by atoms with Crippen LogP contribution in [-0.2, 0) is 0 Å². The molecular formula is C16H34N2. The van der Waals surface area contributed by atoms with E-state index < -0.39 is 0 Å². The van der Waals surface area contributed by atoms with Crippen LogP contribution in [0.4, 0.5) is 0 Å². The van der Waals surface area contributed by atoms with E-state index in [2.05, 4.69) is 51.5 Å². The molecule has 2 nitrogen and oxygen atoms in total. The lowest BCUT2D eigenvalue weighted by molar-refractivity contribution is 0.134. The Morgan fingerprint density at radius 1 is 1.06 bits per heavy atom. The van der Waals surface area contributed by atoms with Crippen molar-refractivity contribution in [3.63, 3.8) is 0 Å². The highest BCUT2D eigenvalue weighted by atomic mass is 15.1. The van der Waals surface area contributed by atoms with Crippen LogP contribution in [0.1, 0.15) is 47.5 Å². The minimum Gasteiger partial charge on any atom is -0.304 e. The van der Waals surface area contributed by atoms with Crippen LogP contribution in [0.5, 0.6) is 0 Å². The first-order chi connectivity index (χ1) is 8.40. The highest BCUT2D eigenvalue weighted by molar-refractivity contribution is 4.75. The molecule has 108 valence electrons. The summed E-state index contributed by atoms with van der Waals surface area (Å²) >= 11 is 0. The number of likely N-dealkylation sites (tertiary alicyclic amines) is 1. The van der Waals surface area contributed by atoms with Gasteiger partial charge in [0.2, 0.25) is 0 Å². The highest BCUT2D eigenvalue weighted by Gasteiger charge is 2.21. The van der Waals surface area contributed by atoms with E-state index in [1.165, 1.54) is 39.0 Å². The molecule has 0 amide bonds. The predicted molar refractivity (Wildman–Crippen MR) is 80.9 cm³/mol. The van der Waals surface area contributed by atoms with E-state index >= 15 is 0 Å². The van der Waals surface area contributed by atoms with Crippen molar-refractivity contribution in [2.75, 3.05) is 33.2 Å². The fourth-order valence-corrected chi connectivity index (χ4v) is 2.68. The van der Waals surface area contributed by atoms with E-state index in [0.717, 1.165) is 17.8 Å². The summed E-state index contributed by atoms with van der Waals surface area (Å²) in [7, 11) is 2.25. The second-order valence-electron chi connectivity index (χ2n) is 6.97. The fraction of sp³-hybridized carbons (Fsp3) is 1.00. The summed E-state index contributed by atoms with van der Waals surface area (Å²) in [6, 6.07) is 0.662. The van der Waals surface area contributed by atoms with Gasteiger partial charge in [-0.15, -0.1) is 0 Å². The Balaban J connectivity index is 2.28. The standard InChI is InChI=1S/C16H34N2/c1-13(2)17(6)11-15(4)16(5)12-18-9-7-14(3)8-10-18/h13-16H,7-12H2,1-6H3. The maximum absolute atomic E-state index is 2.68. The molecule has 0 saturated carbocycles. The van der Waals surface area contributed by atoms with Gasteiger partial charge >= 0.3 is 0 Å². The zero-order valence-electron chi connectivity index (χ0n) is 13.4. The van der Waals surface area contributed by atoms with Crippen LogP contribution in [0, 0.1) is 17.8 Å². The normalized spacial score (nSPS) is 22.7. The van der Waals surface area contributed by atoms with Crippen molar-refractivity contribution >= 4 is 0 Å². The van der Waals surface area contributed by atoms with E-state index in [1.807, 2.05) is 0 Å². The van der Waals surface area contributed by atoms with Crippen LogP contribution in [0.2, 0.25) is 0 Å². The molecule has 2 heteroatoms. The summed E-state index contributed by atoms with van der Waals surface area (Å²) in [5, 5.41) is 0. The molecule has 1 saturated heterocycles. The number of piperidine rings is 1. The Morgan fingerprint density at radius 2 is 1.61 bits per heavy atom. The molecule has 0 spiro atoms. The summed E-state index contributed by atoms with van der Waals surface area (Å²) in [4.78, 5) is 5.15. The first-order valence-corrected chi connectivity index (χ1v) is 7.82. The third-order valence-electron chi connectivity index (χ3n) is 4.85. The van der Waals surface area contributed by atoms with Gasteiger partial charge in [-0.2, -0.15) is 0 Å². The third-order valence-corrected chi connectivity index (χ3v) is 4.85. The van der Waals surface area contributed by atoms with Gasteiger partial charge in [0.1, 0.15) is 0 Å². The second kappa shape index (κ2) is 7.49. The molecule has 0 aromatic heterocycles. The molecule has 2 unspecified atom stereocenters. The minimum absolute atomic E-state index is 0.662. The molecule has 0 aliphatic carbocycles. The van der Waals surface area contributed by atoms with Crippen LogP contribution in [0.3, 0.4) is 0 Å². The van der Waals surface area contributed by atoms with E-state index in [-0.39, 0.29) is 0 Å². The van der Waals surface area contributed by atoms with Crippen molar-refractivity contribution in [1.82, 2.24) is 9.80 Å². The maximum atomic E-state index is 2.68. The Labute approximate surface area is 115 Å². The molecule has 1 rings (SSSR count). The first-order valence-electron chi connectivity index (χ1n) is 7.82. The van der Waals surface area contributed by atoms with Crippen molar-refractivity contribution in [2.45, 2.75) is 53.5 Å². The van der Waals surface area contributed by atoms with Gasteiger partial charge in [-0.1, -0.05) is 20.8 Å². The van der Waals surface area contributed by atoms with Gasteiger partial charge in [-0.05, 0) is 64.6 Å². The van der Waals surface area contributed by atoms with Crippen LogP contribution in [0.15, 0.2) is 0 Å². The van der Waals surface area contributed by atoms with Gasteiger partial charge < -0.3 is 9.80 Å². The molecule has 0 radical (unpaired) electrons. The Hall–Kier alpha value is -0.0800. The lowest BCUT2D eigenvalue weighted by atomic mass is 9.92. The topological polar surface area (TPSA) is 6.48 Å². The number of nitrogens with zero attached hydrogens (tertiary/aromatic N) is 2. The van der Waals surface area contributed by atoms with E-state index in [4.69, 9.17) is 0 Å². The summed E-state index contributed by atoms with van der Waals surface area (Å²) in [6.45, 7) is 16.9. The molecule has 0 N–H and O–H groups in total. The van der Waals surface area contributed by atoms with E-state index in [1.54, 1.807) is 0 Å². The molecule has 0 aromatic rings. The number of hydrogen-bond acceptors (Lipinski definition) is 2. The monoisotopic (exact) mass is 254 g/mol. The van der Waals surface area contributed by atoms with Crippen molar-refractivity contribution in [3.05, 3.63) is 0 Å². The summed E-state index contributed by atoms with van der Waals surface area (Å²) in [5.41, 5.74) is 0. The molecule has 1 aliphatic heterocycles. The van der Waals surface area contributed by atoms with Crippen molar-refractivity contribution in [2.24, 2.45) is 17.8 Å². The predicted octanol–water partition coefficient (Wildman–Crippen LogP) is 3.33. The van der Waals surface area contributed by atoms with Gasteiger partial charge in [0.15, 0.2) is 0 Å². The Bertz CT molecular complexity index is 219. The van der Waals surface area contributed by atoms with Gasteiger partial charge in [-0.3, -0.25) is 0 Å². The van der Waals surface area contributed by atoms with Crippen LogP contribution in [0.25, 0.3) is 0 Å². The highest BCUT2D eigenvalue weighted by Crippen LogP contribution is 2.20. The van der Waals surface area contributed by atoms with Crippen LogP contribution < -0.4 is 0 Å². The summed E-state index contributed by atoms with van der Waals surface area (Å²) in [5.74, 6) is 2.54. The average Bonchev–Trinajstić information content (AvgIpc) is 2.31. The first kappa shape index (κ1) is 16.0. The van der Waals surface area contributed by atoms with Crippen LogP contribution in [-0.4, -0.2) is 49.1 Å². The number of hydrogen-bond donors (Lipinski definition) is 0. The number of rotatable bonds is 6. The lowest BCUT2D eigenvalue weighted by Gasteiger charge is -2.35. The quantitative estimate of drug-likeness (QED) is 0.717. The smallest absolute Gasteiger partial charge is 0.00356 e. The molecule has 1 heterocycles. The summed E-state index contributed by atoms with van der Waals surface area (Å²) in [6.07, 6.45) is 2.79. The van der Waals surface area contributed by atoms with Crippen molar-refractivity contribution in [1.29, 1.82) is 0 Å². The van der Waals surface area contributed by atoms with E-state index in [9.17, 15) is 0 Å². The molecule has 0 bridgehead atoms. The Morgan fingerprint density at radius 3 is 2.11 bits per heavy atom. The zero-order chi connectivity index (χ0) is 13.7. The lowest BCUT2D eigenvalue weighted by Crippen LogP contribution is -2.40. The molecule has 1 fully saturated rings. The van der Waals surface area contributed by atoms with E-state index in [0.29, 0.717) is 6.04 Å². The zero-order valence-corrected chi connectivity index (χ0v) is 13.4. The molecule has 1 aliphatic rings. The third kappa shape index (κ3) is 5.27. The average molecular weight is 254 g/mol. The summed E-state index contributed by atoms with van der Waals surface area (Å²) < 4.78 is 0. The maximum Gasteiger partial charge on any atom is 0.00356 e. The van der Waals surface area contributed by atoms with Gasteiger partial charge in [0.05, 0.1) is 0 Å². The van der Waals surface area contributed by atoms with Crippen molar-refractivity contribution in [3.8, 4) is 0 Å². The molecule has 18 heavy (non-hydrogen) atoms. The van der Waals surface area contributed by atoms with Crippen LogP contribution >= 0.6 is 0 Å². The molecule has 2 atom stereocenters. The Kier molecular flexibility index (Phi) is 6.65. The van der Waals surface area contributed by atoms with Crippen molar-refractivity contribution < 1.29 is 0 Å². The minimum atomic E-state index is 0.662.